The van der Waals surface area contributed by atoms with E-state index in [1.165, 1.54) is 0 Å². The standard InChI is InChI=1S/3C6H6O.CH4N2O.CH2O/c3*7-6-4-2-1-3-5-6;2-1(3)4;1-2/h3*1-5,7H;(H4,2,3,4);1H2. The summed E-state index contributed by atoms with van der Waals surface area (Å²) in [7, 11) is 0. The Balaban J connectivity index is 0. The third kappa shape index (κ3) is 22.0. The Kier molecular flexibility index (Phi) is 17.1. The highest BCUT2D eigenvalue weighted by Gasteiger charge is 1.76. The molecule has 7 heteroatoms. The summed E-state index contributed by atoms with van der Waals surface area (Å²) < 4.78 is 0. The molecule has 0 aliphatic heterocycles. The molecular weight excluding hydrogens is 348 g/mol. The molecule has 7 nitrogen and oxygen atoms in total. The third-order valence-corrected chi connectivity index (χ3v) is 2.27. The van der Waals surface area contributed by atoms with Crippen molar-refractivity contribution in [2.45, 2.75) is 0 Å². The summed E-state index contributed by atoms with van der Waals surface area (Å²) in [6.45, 7) is 2.00. The molecule has 3 rings (SSSR count). The lowest BCUT2D eigenvalue weighted by molar-refractivity contribution is -0.0980. The number of aromatic hydroxyl groups is 3. The van der Waals surface area contributed by atoms with Gasteiger partial charge in [-0.2, -0.15) is 0 Å². The van der Waals surface area contributed by atoms with E-state index in [0.717, 1.165) is 0 Å². The molecule has 3 aromatic carbocycles. The van der Waals surface area contributed by atoms with E-state index in [-0.39, 0.29) is 0 Å². The summed E-state index contributed by atoms with van der Waals surface area (Å²) >= 11 is 0. The molecule has 0 saturated heterocycles. The SMILES string of the molecule is C=O.NC(N)=O.Oc1ccccc1.Oc1ccccc1.Oc1ccccc1. The highest BCUT2D eigenvalue weighted by Crippen LogP contribution is 2.04. The van der Waals surface area contributed by atoms with Gasteiger partial charge in [0.25, 0.3) is 0 Å². The van der Waals surface area contributed by atoms with Gasteiger partial charge in [0, 0.05) is 0 Å². The average molecular weight is 372 g/mol. The second-order valence-corrected chi connectivity index (χ2v) is 4.41. The largest absolute Gasteiger partial charge is 0.508 e. The molecule has 0 fully saturated rings. The lowest BCUT2D eigenvalue weighted by Crippen LogP contribution is -2.18. The Morgan fingerprint density at radius 3 is 0.778 bits per heavy atom. The third-order valence-electron chi connectivity index (χ3n) is 2.27. The summed E-state index contributed by atoms with van der Waals surface area (Å²) in [4.78, 5) is 17.0. The number of nitrogens with two attached hydrogens (primary N) is 2. The molecule has 0 saturated carbocycles. The molecule has 27 heavy (non-hydrogen) atoms. The molecule has 0 heterocycles. The number of phenolic OH excluding ortho intramolecular Hbond substituents is 3. The monoisotopic (exact) mass is 372 g/mol. The number of phenols is 3. The fourth-order valence-corrected chi connectivity index (χ4v) is 1.28. The lowest BCUT2D eigenvalue weighted by Gasteiger charge is -1.82. The Hall–Kier alpha value is -4.00. The van der Waals surface area contributed by atoms with Crippen LogP contribution in [-0.2, 0) is 4.79 Å². The van der Waals surface area contributed by atoms with Gasteiger partial charge in [-0.05, 0) is 36.4 Å². The molecule has 0 unspecified atom stereocenters. The molecule has 0 spiro atoms. The second-order valence-electron chi connectivity index (χ2n) is 4.41. The minimum absolute atomic E-state index is 0.322. The van der Waals surface area contributed by atoms with Crippen LogP contribution in [-0.4, -0.2) is 28.1 Å². The van der Waals surface area contributed by atoms with Gasteiger partial charge >= 0.3 is 6.03 Å². The van der Waals surface area contributed by atoms with E-state index in [4.69, 9.17) is 24.9 Å². The van der Waals surface area contributed by atoms with E-state index in [1.807, 2.05) is 25.0 Å². The molecular formula is C20H24N2O5. The fraction of sp³-hybridized carbons (Fsp3) is 0. The van der Waals surface area contributed by atoms with Gasteiger partial charge in [0.15, 0.2) is 0 Å². The number of primary amides is 2. The number of benzene rings is 3. The first-order valence-corrected chi connectivity index (χ1v) is 7.47. The van der Waals surface area contributed by atoms with Crippen LogP contribution < -0.4 is 11.5 Å². The lowest BCUT2D eigenvalue weighted by atomic mass is 10.3. The van der Waals surface area contributed by atoms with Gasteiger partial charge in [-0.1, -0.05) is 54.6 Å². The van der Waals surface area contributed by atoms with Crippen LogP contribution in [0.25, 0.3) is 0 Å². The molecule has 0 atom stereocenters. The number of carbonyl (C=O) groups excluding carboxylic acids is 2. The van der Waals surface area contributed by atoms with Crippen LogP contribution in [0, 0.1) is 0 Å². The highest BCUT2D eigenvalue weighted by atomic mass is 16.3. The quantitative estimate of drug-likeness (QED) is 0.411. The van der Waals surface area contributed by atoms with Crippen LogP contribution in [0.4, 0.5) is 4.79 Å². The van der Waals surface area contributed by atoms with Gasteiger partial charge in [-0.25, -0.2) is 4.79 Å². The summed E-state index contributed by atoms with van der Waals surface area (Å²) in [6, 6.07) is 25.3. The number of para-hydroxylation sites is 3. The first kappa shape index (κ1) is 25.2. The molecule has 0 aliphatic carbocycles. The fourth-order valence-electron chi connectivity index (χ4n) is 1.28. The van der Waals surface area contributed by atoms with Crippen LogP contribution in [0.3, 0.4) is 0 Å². The molecule has 0 bridgehead atoms. The van der Waals surface area contributed by atoms with E-state index in [1.54, 1.807) is 72.8 Å². The Bertz CT molecular complexity index is 602. The minimum Gasteiger partial charge on any atom is -0.508 e. The average Bonchev–Trinajstić information content (AvgIpc) is 2.66. The number of urea groups is 1. The van der Waals surface area contributed by atoms with Gasteiger partial charge in [0.2, 0.25) is 0 Å². The minimum atomic E-state index is -0.833. The van der Waals surface area contributed by atoms with Crippen molar-refractivity contribution >= 4 is 12.8 Å². The summed E-state index contributed by atoms with van der Waals surface area (Å²) in [6.07, 6.45) is 0. The van der Waals surface area contributed by atoms with E-state index < -0.39 is 6.03 Å². The number of carbonyl (C=O) groups is 2. The van der Waals surface area contributed by atoms with Crippen molar-refractivity contribution in [3.63, 3.8) is 0 Å². The Morgan fingerprint density at radius 2 is 0.704 bits per heavy atom. The number of amides is 2. The van der Waals surface area contributed by atoms with Gasteiger partial charge in [0.1, 0.15) is 24.0 Å². The van der Waals surface area contributed by atoms with Crippen molar-refractivity contribution in [2.24, 2.45) is 11.5 Å². The molecule has 3 aromatic rings. The van der Waals surface area contributed by atoms with Crippen LogP contribution >= 0.6 is 0 Å². The summed E-state index contributed by atoms with van der Waals surface area (Å²) in [5, 5.41) is 25.9. The molecule has 0 aromatic heterocycles. The van der Waals surface area contributed by atoms with Gasteiger partial charge in [-0.3, -0.25) is 0 Å². The van der Waals surface area contributed by atoms with Gasteiger partial charge in [0.05, 0.1) is 0 Å². The van der Waals surface area contributed by atoms with Gasteiger partial charge in [-0.15, -0.1) is 0 Å². The van der Waals surface area contributed by atoms with E-state index in [2.05, 4.69) is 11.5 Å². The molecule has 7 N–H and O–H groups in total. The number of hydrogen-bond acceptors (Lipinski definition) is 5. The molecule has 2 amide bonds. The smallest absolute Gasteiger partial charge is 0.309 e. The van der Waals surface area contributed by atoms with E-state index >= 15 is 0 Å². The maximum absolute atomic E-state index is 9.00. The zero-order valence-corrected chi connectivity index (χ0v) is 14.7. The molecule has 144 valence electrons. The van der Waals surface area contributed by atoms with Crippen LogP contribution in [0.5, 0.6) is 17.2 Å². The van der Waals surface area contributed by atoms with Crippen LogP contribution in [0.15, 0.2) is 91.0 Å². The van der Waals surface area contributed by atoms with Crippen molar-refractivity contribution in [1.29, 1.82) is 0 Å². The molecule has 0 aliphatic rings. The van der Waals surface area contributed by atoms with Crippen molar-refractivity contribution in [2.75, 3.05) is 0 Å². The Labute approximate surface area is 158 Å². The van der Waals surface area contributed by atoms with E-state index in [0.29, 0.717) is 17.2 Å². The first-order valence-electron chi connectivity index (χ1n) is 7.47. The normalized spacial score (nSPS) is 7.70. The predicted molar refractivity (Wildman–Crippen MR) is 105 cm³/mol. The summed E-state index contributed by atoms with van der Waals surface area (Å²) in [5.41, 5.74) is 8.50. The zero-order valence-electron chi connectivity index (χ0n) is 14.7. The maximum Gasteiger partial charge on any atom is 0.309 e. The maximum atomic E-state index is 9.00. The topological polar surface area (TPSA) is 147 Å². The zero-order chi connectivity index (χ0) is 20.9. The van der Waals surface area contributed by atoms with Crippen LogP contribution in [0.1, 0.15) is 0 Å². The number of hydrogen-bond donors (Lipinski definition) is 5. The predicted octanol–water partition coefficient (Wildman–Crippen LogP) is 3.02. The highest BCUT2D eigenvalue weighted by molar-refractivity contribution is 5.69. The van der Waals surface area contributed by atoms with Crippen molar-refractivity contribution in [3.8, 4) is 17.2 Å². The summed E-state index contributed by atoms with van der Waals surface area (Å²) in [5.74, 6) is 0.965. The van der Waals surface area contributed by atoms with E-state index in [9.17, 15) is 0 Å². The number of rotatable bonds is 0. The van der Waals surface area contributed by atoms with Crippen LogP contribution in [0.2, 0.25) is 0 Å². The van der Waals surface area contributed by atoms with Crippen molar-refractivity contribution < 1.29 is 24.9 Å². The Morgan fingerprint density at radius 1 is 0.556 bits per heavy atom. The first-order chi connectivity index (χ1) is 12.9. The van der Waals surface area contributed by atoms with Crippen molar-refractivity contribution in [3.05, 3.63) is 91.0 Å². The molecule has 0 radical (unpaired) electrons. The van der Waals surface area contributed by atoms with Gasteiger partial charge < -0.3 is 31.6 Å². The van der Waals surface area contributed by atoms with Crippen molar-refractivity contribution in [1.82, 2.24) is 0 Å². The second kappa shape index (κ2) is 18.3.